The highest BCUT2D eigenvalue weighted by Gasteiger charge is 2.38. The van der Waals surface area contributed by atoms with Crippen molar-refractivity contribution in [3.63, 3.8) is 0 Å². The molecule has 1 aromatic heterocycles. The fraction of sp³-hybridized carbons (Fsp3) is 0.286. The lowest BCUT2D eigenvalue weighted by atomic mass is 9.77. The summed E-state index contributed by atoms with van der Waals surface area (Å²) in [5.74, 6) is -0.873. The molecule has 1 aliphatic carbocycles. The number of allylic oxidation sites excluding steroid dienone is 2. The van der Waals surface area contributed by atoms with Crippen LogP contribution in [-0.4, -0.2) is 23.4 Å². The van der Waals surface area contributed by atoms with Gasteiger partial charge in [-0.25, -0.2) is 0 Å². The summed E-state index contributed by atoms with van der Waals surface area (Å²) in [6.07, 6.45) is 6.97. The zero-order valence-corrected chi connectivity index (χ0v) is 14.7. The first-order valence-corrected chi connectivity index (χ1v) is 9.09. The van der Waals surface area contributed by atoms with Gasteiger partial charge >= 0.3 is 0 Å². The molecule has 27 heavy (non-hydrogen) atoms. The standard InChI is InChI=1S/C21H21N3O3/c25-19(26)9-11-23-21(27)13-7-8-17-16(12-13)14-4-3-5-15(14)20(24-17)18-6-1-2-10-22-18/h1-4,6-8,10,12,14-15,20,24H,5,9,11H2,(H,23,27)(H,25,26)/p-1/t14-,15+,20+/m0/s1. The number of rotatable bonds is 5. The minimum absolute atomic E-state index is 0.0597. The molecule has 0 bridgehead atoms. The van der Waals surface area contributed by atoms with Gasteiger partial charge in [0.15, 0.2) is 0 Å². The summed E-state index contributed by atoms with van der Waals surface area (Å²) in [5.41, 5.74) is 3.65. The van der Waals surface area contributed by atoms with Crippen LogP contribution in [-0.2, 0) is 4.79 Å². The van der Waals surface area contributed by atoms with Crippen LogP contribution < -0.4 is 15.7 Å². The Morgan fingerprint density at radius 3 is 2.93 bits per heavy atom. The molecule has 0 radical (unpaired) electrons. The van der Waals surface area contributed by atoms with E-state index in [2.05, 4.69) is 27.8 Å². The number of hydrogen-bond donors (Lipinski definition) is 2. The van der Waals surface area contributed by atoms with Crippen molar-refractivity contribution >= 4 is 17.6 Å². The van der Waals surface area contributed by atoms with Gasteiger partial charge in [-0.05, 0) is 48.2 Å². The number of fused-ring (bicyclic) bond motifs is 3. The molecule has 0 saturated heterocycles. The summed E-state index contributed by atoms with van der Waals surface area (Å²) in [4.78, 5) is 27.3. The van der Waals surface area contributed by atoms with E-state index in [4.69, 9.17) is 0 Å². The Morgan fingerprint density at radius 1 is 1.26 bits per heavy atom. The number of aromatic nitrogens is 1. The van der Waals surface area contributed by atoms with Crippen LogP contribution in [0.5, 0.6) is 0 Å². The van der Waals surface area contributed by atoms with E-state index in [9.17, 15) is 14.7 Å². The first-order chi connectivity index (χ1) is 13.1. The zero-order chi connectivity index (χ0) is 18.8. The van der Waals surface area contributed by atoms with Gasteiger partial charge in [-0.2, -0.15) is 0 Å². The van der Waals surface area contributed by atoms with Crippen LogP contribution in [0.15, 0.2) is 54.7 Å². The number of nitrogens with zero attached hydrogens (tertiary/aromatic N) is 1. The second kappa shape index (κ2) is 7.23. The number of hydrogen-bond acceptors (Lipinski definition) is 5. The van der Waals surface area contributed by atoms with Crippen molar-refractivity contribution in [2.24, 2.45) is 5.92 Å². The molecule has 0 fully saturated rings. The predicted molar refractivity (Wildman–Crippen MR) is 99.0 cm³/mol. The molecule has 1 aliphatic heterocycles. The quantitative estimate of drug-likeness (QED) is 0.791. The first-order valence-electron chi connectivity index (χ1n) is 9.09. The number of carboxylic acid groups (broad SMARTS) is 1. The molecule has 2 aliphatic rings. The van der Waals surface area contributed by atoms with Crippen molar-refractivity contribution in [2.45, 2.75) is 24.8 Å². The number of anilines is 1. The van der Waals surface area contributed by atoms with E-state index in [1.807, 2.05) is 36.5 Å². The van der Waals surface area contributed by atoms with Crippen LogP contribution in [0.2, 0.25) is 0 Å². The third kappa shape index (κ3) is 3.43. The van der Waals surface area contributed by atoms with Crippen molar-refractivity contribution in [3.8, 4) is 0 Å². The van der Waals surface area contributed by atoms with Gasteiger partial charge in [0.05, 0.1) is 11.7 Å². The summed E-state index contributed by atoms with van der Waals surface area (Å²) >= 11 is 0. The molecule has 0 spiro atoms. The van der Waals surface area contributed by atoms with Crippen LogP contribution in [0.4, 0.5) is 5.69 Å². The van der Waals surface area contributed by atoms with Gasteiger partial charge in [-0.3, -0.25) is 9.78 Å². The third-order valence-electron chi connectivity index (χ3n) is 5.25. The molecule has 0 unspecified atom stereocenters. The number of benzene rings is 1. The minimum atomic E-state index is -1.18. The monoisotopic (exact) mass is 362 g/mol. The second-order valence-corrected chi connectivity index (χ2v) is 6.91. The summed E-state index contributed by atoms with van der Waals surface area (Å²) in [6.45, 7) is 0.0597. The number of carboxylic acids is 1. The second-order valence-electron chi connectivity index (χ2n) is 6.91. The van der Waals surface area contributed by atoms with Crippen LogP contribution in [0, 0.1) is 5.92 Å². The van der Waals surface area contributed by atoms with E-state index in [0.29, 0.717) is 11.5 Å². The lowest BCUT2D eigenvalue weighted by Crippen LogP contribution is -2.32. The van der Waals surface area contributed by atoms with Gasteiger partial charge in [-0.1, -0.05) is 18.2 Å². The number of nitrogens with one attached hydrogen (secondary N) is 2. The third-order valence-corrected chi connectivity index (χ3v) is 5.25. The Balaban J connectivity index is 1.59. The number of aliphatic carboxylic acids is 1. The van der Waals surface area contributed by atoms with Crippen LogP contribution in [0.25, 0.3) is 0 Å². The van der Waals surface area contributed by atoms with E-state index >= 15 is 0 Å². The Labute approximate surface area is 157 Å². The molecule has 2 N–H and O–H groups in total. The van der Waals surface area contributed by atoms with Crippen LogP contribution >= 0.6 is 0 Å². The van der Waals surface area contributed by atoms with E-state index in [-0.39, 0.29) is 30.8 Å². The average Bonchev–Trinajstić information content (AvgIpc) is 3.17. The Hall–Kier alpha value is -3.15. The Morgan fingerprint density at radius 2 is 2.15 bits per heavy atom. The van der Waals surface area contributed by atoms with Crippen molar-refractivity contribution in [1.29, 1.82) is 0 Å². The largest absolute Gasteiger partial charge is 0.550 e. The smallest absolute Gasteiger partial charge is 0.251 e. The van der Waals surface area contributed by atoms with Crippen molar-refractivity contribution < 1.29 is 14.7 Å². The highest BCUT2D eigenvalue weighted by Crippen LogP contribution is 2.49. The fourth-order valence-corrected chi connectivity index (χ4v) is 3.97. The van der Waals surface area contributed by atoms with Gasteiger partial charge in [0.1, 0.15) is 0 Å². The molecule has 4 rings (SSSR count). The minimum Gasteiger partial charge on any atom is -0.550 e. The van der Waals surface area contributed by atoms with Gasteiger partial charge in [0.2, 0.25) is 0 Å². The van der Waals surface area contributed by atoms with Crippen molar-refractivity contribution in [2.75, 3.05) is 11.9 Å². The summed E-state index contributed by atoms with van der Waals surface area (Å²) in [6, 6.07) is 11.7. The van der Waals surface area contributed by atoms with E-state index in [1.165, 1.54) is 0 Å². The molecular weight excluding hydrogens is 342 g/mol. The van der Waals surface area contributed by atoms with Gasteiger partial charge in [0, 0.05) is 42.3 Å². The van der Waals surface area contributed by atoms with Crippen molar-refractivity contribution in [3.05, 3.63) is 71.6 Å². The zero-order valence-electron chi connectivity index (χ0n) is 14.7. The molecule has 6 nitrogen and oxygen atoms in total. The molecule has 1 aromatic carbocycles. The number of carbonyl (C=O) groups excluding carboxylic acids is 2. The van der Waals surface area contributed by atoms with Gasteiger partial charge < -0.3 is 20.5 Å². The van der Waals surface area contributed by atoms with Crippen LogP contribution in [0.1, 0.15) is 46.4 Å². The lowest BCUT2D eigenvalue weighted by molar-refractivity contribution is -0.305. The Bertz CT molecular complexity index is 895. The molecule has 138 valence electrons. The summed E-state index contributed by atoms with van der Waals surface area (Å²) < 4.78 is 0. The van der Waals surface area contributed by atoms with Gasteiger partial charge in [-0.15, -0.1) is 0 Å². The van der Waals surface area contributed by atoms with Crippen LogP contribution in [0.3, 0.4) is 0 Å². The molecule has 3 atom stereocenters. The molecule has 2 heterocycles. The molecule has 1 amide bonds. The molecule has 2 aromatic rings. The highest BCUT2D eigenvalue weighted by atomic mass is 16.4. The van der Waals surface area contributed by atoms with E-state index < -0.39 is 5.97 Å². The topological polar surface area (TPSA) is 94.1 Å². The summed E-state index contributed by atoms with van der Waals surface area (Å²) in [5, 5.41) is 16.7. The predicted octanol–water partition coefficient (Wildman–Crippen LogP) is 1.78. The number of pyridine rings is 1. The maximum absolute atomic E-state index is 12.3. The lowest BCUT2D eigenvalue weighted by Gasteiger charge is -2.37. The molecule has 0 saturated carbocycles. The fourth-order valence-electron chi connectivity index (χ4n) is 3.97. The highest BCUT2D eigenvalue weighted by molar-refractivity contribution is 5.95. The Kier molecular flexibility index (Phi) is 4.62. The van der Waals surface area contributed by atoms with E-state index in [1.54, 1.807) is 6.07 Å². The number of carbonyl (C=O) groups is 2. The molecular formula is C21H20N3O3-. The maximum Gasteiger partial charge on any atom is 0.251 e. The SMILES string of the molecule is O=C([O-])CCNC(=O)c1ccc2c(c1)[C@H]1C=CC[C@H]1[C@H](c1ccccn1)N2. The first kappa shape index (κ1) is 17.3. The van der Waals surface area contributed by atoms with E-state index in [0.717, 1.165) is 23.4 Å². The summed E-state index contributed by atoms with van der Waals surface area (Å²) in [7, 11) is 0. The van der Waals surface area contributed by atoms with Gasteiger partial charge in [0.25, 0.3) is 5.91 Å². The average molecular weight is 362 g/mol. The van der Waals surface area contributed by atoms with Crippen molar-refractivity contribution in [1.82, 2.24) is 10.3 Å². The number of amides is 1. The normalized spacial score (nSPS) is 22.4. The molecule has 6 heteroatoms. The maximum atomic E-state index is 12.3.